The van der Waals surface area contributed by atoms with Gasteiger partial charge in [0.15, 0.2) is 0 Å². The molecule has 2 aliphatic rings. The zero-order chi connectivity index (χ0) is 17.7. The van der Waals surface area contributed by atoms with Crippen LogP contribution in [0.25, 0.3) is 0 Å². The number of carbonyl (C=O) groups is 3. The summed E-state index contributed by atoms with van der Waals surface area (Å²) in [6.07, 6.45) is -1.17. The molecule has 9 heteroatoms. The van der Waals surface area contributed by atoms with Gasteiger partial charge in [-0.3, -0.25) is 14.4 Å². The van der Waals surface area contributed by atoms with Gasteiger partial charge in [-0.05, 0) is 29.6 Å². The number of carbonyl (C=O) groups excluding carboxylic acids is 3. The van der Waals surface area contributed by atoms with E-state index in [9.17, 15) is 14.4 Å². The Kier molecular flexibility index (Phi) is 3.87. The van der Waals surface area contributed by atoms with Crippen molar-refractivity contribution in [3.05, 3.63) is 50.6 Å². The second-order valence-electron chi connectivity index (χ2n) is 5.39. The summed E-state index contributed by atoms with van der Waals surface area (Å²) in [6.45, 7) is 0. The molecular weight excluding hydrogens is 387 g/mol. The van der Waals surface area contributed by atoms with E-state index in [4.69, 9.17) is 28.0 Å². The lowest BCUT2D eigenvalue weighted by molar-refractivity contribution is -0.126. The van der Waals surface area contributed by atoms with E-state index in [1.165, 1.54) is 23.5 Å². The number of oxime groups is 1. The van der Waals surface area contributed by atoms with Gasteiger partial charge in [0.25, 0.3) is 5.91 Å². The van der Waals surface area contributed by atoms with Crippen LogP contribution in [0.2, 0.25) is 10.0 Å². The summed E-state index contributed by atoms with van der Waals surface area (Å²) < 4.78 is 0. The topological polar surface area (TPSA) is 76.0 Å². The minimum Gasteiger partial charge on any atom is -0.381 e. The molecule has 6 nitrogen and oxygen atoms in total. The lowest BCUT2D eigenvalue weighted by Gasteiger charge is -2.16. The summed E-state index contributed by atoms with van der Waals surface area (Å²) in [5.41, 5.74) is 0.0801. The third-order valence-electron chi connectivity index (χ3n) is 3.94. The first kappa shape index (κ1) is 16.3. The van der Waals surface area contributed by atoms with Crippen LogP contribution < -0.4 is 4.90 Å². The second kappa shape index (κ2) is 5.94. The summed E-state index contributed by atoms with van der Waals surface area (Å²) in [4.78, 5) is 44.4. The summed E-state index contributed by atoms with van der Waals surface area (Å²) >= 11 is 13.3. The van der Waals surface area contributed by atoms with E-state index < -0.39 is 29.6 Å². The monoisotopic (exact) mass is 394 g/mol. The van der Waals surface area contributed by atoms with E-state index >= 15 is 0 Å². The van der Waals surface area contributed by atoms with Crippen LogP contribution in [0, 0.1) is 5.92 Å². The number of benzene rings is 1. The molecule has 2 unspecified atom stereocenters. The van der Waals surface area contributed by atoms with Crippen LogP contribution >= 0.6 is 34.5 Å². The van der Waals surface area contributed by atoms with Gasteiger partial charge in [0.1, 0.15) is 11.6 Å². The SMILES string of the molecule is O=C(C1=NOC2C(=O)N(c3cc(Cl)ccc3Cl)C(=O)C12)c1cccs1. The van der Waals surface area contributed by atoms with Gasteiger partial charge in [-0.1, -0.05) is 34.4 Å². The number of Topliss-reactive ketones (excluding diaryl/α,β-unsaturated/α-hetero) is 1. The fourth-order valence-corrected chi connectivity index (χ4v) is 3.84. The van der Waals surface area contributed by atoms with Crippen LogP contribution in [0.1, 0.15) is 9.67 Å². The number of hydrogen-bond acceptors (Lipinski definition) is 6. The number of halogens is 2. The molecule has 0 saturated carbocycles. The predicted octanol–water partition coefficient (Wildman–Crippen LogP) is 3.18. The molecule has 4 rings (SSSR count). The van der Waals surface area contributed by atoms with E-state index in [0.717, 1.165) is 4.90 Å². The van der Waals surface area contributed by atoms with E-state index in [2.05, 4.69) is 5.16 Å². The number of imide groups is 1. The first-order valence-corrected chi connectivity index (χ1v) is 8.77. The standard InChI is InChI=1S/C16H8Cl2N2O4S/c17-7-3-4-8(18)9(6-7)20-15(22)11-12(19-24-14(11)16(20)23)13(21)10-2-1-5-25-10/h1-6,11,14H. The molecule has 3 heterocycles. The van der Waals surface area contributed by atoms with Crippen LogP contribution in [0.15, 0.2) is 40.9 Å². The fourth-order valence-electron chi connectivity index (χ4n) is 2.79. The number of nitrogens with zero attached hydrogens (tertiary/aromatic N) is 2. The molecule has 2 aromatic rings. The molecule has 25 heavy (non-hydrogen) atoms. The maximum absolute atomic E-state index is 12.8. The molecule has 0 radical (unpaired) electrons. The summed E-state index contributed by atoms with van der Waals surface area (Å²) in [5.74, 6) is -2.75. The first-order chi connectivity index (χ1) is 12.0. The molecule has 126 valence electrons. The van der Waals surface area contributed by atoms with Crippen molar-refractivity contribution in [1.82, 2.24) is 0 Å². The fraction of sp³-hybridized carbons (Fsp3) is 0.125. The number of ketones is 1. The maximum atomic E-state index is 12.8. The number of thiophene rings is 1. The number of amides is 2. The van der Waals surface area contributed by atoms with Gasteiger partial charge in [0, 0.05) is 5.02 Å². The highest BCUT2D eigenvalue weighted by Gasteiger charge is 2.57. The van der Waals surface area contributed by atoms with Crippen LogP contribution in [-0.4, -0.2) is 29.4 Å². The van der Waals surface area contributed by atoms with Crippen LogP contribution in [0.5, 0.6) is 0 Å². The Morgan fingerprint density at radius 1 is 1.20 bits per heavy atom. The number of hydrogen-bond donors (Lipinski definition) is 0. The normalized spacial score (nSPS) is 22.0. The molecule has 0 spiro atoms. The molecule has 2 aliphatic heterocycles. The van der Waals surface area contributed by atoms with E-state index in [1.54, 1.807) is 23.6 Å². The molecule has 1 fully saturated rings. The quantitative estimate of drug-likeness (QED) is 0.591. The zero-order valence-electron chi connectivity index (χ0n) is 12.3. The van der Waals surface area contributed by atoms with Crippen molar-refractivity contribution < 1.29 is 19.2 Å². The smallest absolute Gasteiger partial charge is 0.279 e. The minimum absolute atomic E-state index is 0.0774. The van der Waals surface area contributed by atoms with Crippen molar-refractivity contribution >= 4 is 63.5 Å². The van der Waals surface area contributed by atoms with Gasteiger partial charge in [-0.15, -0.1) is 11.3 Å². The molecule has 0 aliphatic carbocycles. The Morgan fingerprint density at radius 2 is 2.00 bits per heavy atom. The number of rotatable bonds is 3. The first-order valence-electron chi connectivity index (χ1n) is 7.14. The van der Waals surface area contributed by atoms with E-state index in [0.29, 0.717) is 9.90 Å². The Hall–Kier alpha value is -2.22. The highest BCUT2D eigenvalue weighted by Crippen LogP contribution is 2.38. The molecule has 1 aromatic heterocycles. The van der Waals surface area contributed by atoms with Gasteiger partial charge in [0.05, 0.1) is 15.6 Å². The van der Waals surface area contributed by atoms with Crippen LogP contribution in [0.4, 0.5) is 5.69 Å². The van der Waals surface area contributed by atoms with Crippen LogP contribution in [0.3, 0.4) is 0 Å². The minimum atomic E-state index is -1.17. The molecule has 0 bridgehead atoms. The largest absolute Gasteiger partial charge is 0.381 e. The number of anilines is 1. The summed E-state index contributed by atoms with van der Waals surface area (Å²) in [5, 5.41) is 5.94. The van der Waals surface area contributed by atoms with Gasteiger partial charge in [0.2, 0.25) is 17.8 Å². The third kappa shape index (κ3) is 2.47. The van der Waals surface area contributed by atoms with Crippen molar-refractivity contribution in [2.45, 2.75) is 6.10 Å². The van der Waals surface area contributed by atoms with Crippen molar-refractivity contribution in [2.75, 3.05) is 4.90 Å². The zero-order valence-corrected chi connectivity index (χ0v) is 14.6. The van der Waals surface area contributed by atoms with Crippen molar-refractivity contribution in [3.63, 3.8) is 0 Å². The molecule has 2 amide bonds. The van der Waals surface area contributed by atoms with Gasteiger partial charge in [-0.25, -0.2) is 4.90 Å². The Morgan fingerprint density at radius 3 is 2.72 bits per heavy atom. The van der Waals surface area contributed by atoms with Crippen molar-refractivity contribution in [1.29, 1.82) is 0 Å². The molecule has 0 N–H and O–H groups in total. The molecule has 2 atom stereocenters. The molecular formula is C16H8Cl2N2O4S. The van der Waals surface area contributed by atoms with E-state index in [1.807, 2.05) is 0 Å². The Balaban J connectivity index is 1.71. The van der Waals surface area contributed by atoms with Crippen LogP contribution in [-0.2, 0) is 14.4 Å². The lowest BCUT2D eigenvalue weighted by Crippen LogP contribution is -2.34. The Labute approximate surface area is 155 Å². The summed E-state index contributed by atoms with van der Waals surface area (Å²) in [6, 6.07) is 7.78. The van der Waals surface area contributed by atoms with Gasteiger partial charge < -0.3 is 4.84 Å². The summed E-state index contributed by atoms with van der Waals surface area (Å²) in [7, 11) is 0. The average molecular weight is 395 g/mol. The van der Waals surface area contributed by atoms with Gasteiger partial charge >= 0.3 is 0 Å². The lowest BCUT2D eigenvalue weighted by atomic mass is 9.96. The van der Waals surface area contributed by atoms with Crippen molar-refractivity contribution in [3.8, 4) is 0 Å². The highest BCUT2D eigenvalue weighted by molar-refractivity contribution is 7.13. The third-order valence-corrected chi connectivity index (χ3v) is 5.36. The Bertz CT molecular complexity index is 942. The maximum Gasteiger partial charge on any atom is 0.279 e. The van der Waals surface area contributed by atoms with Gasteiger partial charge in [-0.2, -0.15) is 0 Å². The highest BCUT2D eigenvalue weighted by atomic mass is 35.5. The predicted molar refractivity (Wildman–Crippen MR) is 93.4 cm³/mol. The van der Waals surface area contributed by atoms with Crippen molar-refractivity contribution in [2.24, 2.45) is 11.1 Å². The van der Waals surface area contributed by atoms with E-state index in [-0.39, 0.29) is 16.4 Å². The molecule has 1 saturated heterocycles. The second-order valence-corrected chi connectivity index (χ2v) is 7.19. The molecule has 1 aromatic carbocycles. The number of fused-ring (bicyclic) bond motifs is 1. The average Bonchev–Trinajstić information content (AvgIpc) is 3.30.